The van der Waals surface area contributed by atoms with Crippen molar-refractivity contribution in [2.75, 3.05) is 6.54 Å². The number of hydrogen-bond acceptors (Lipinski definition) is 1. The maximum atomic E-state index is 5.59. The van der Waals surface area contributed by atoms with Crippen LogP contribution in [0.15, 0.2) is 0 Å². The van der Waals surface area contributed by atoms with E-state index in [9.17, 15) is 0 Å². The molecule has 2 N–H and O–H groups in total. The van der Waals surface area contributed by atoms with E-state index in [-0.39, 0.29) is 0 Å². The monoisotopic (exact) mass is 141 g/mol. The Morgan fingerprint density at radius 1 is 1.10 bits per heavy atom. The molecule has 0 heterocycles. The molecule has 0 saturated heterocycles. The highest BCUT2D eigenvalue weighted by molar-refractivity contribution is 4.71. The summed E-state index contributed by atoms with van der Waals surface area (Å²) in [5.41, 5.74) is 5.59. The van der Waals surface area contributed by atoms with Gasteiger partial charge >= 0.3 is 0 Å². The molecular weight excluding hydrogens is 122 g/mol. The lowest BCUT2D eigenvalue weighted by Crippen LogP contribution is -2.20. The van der Waals surface area contributed by atoms with E-state index < -0.39 is 0 Å². The molecule has 0 amide bonds. The minimum absolute atomic E-state index is 0.850. The number of hydrogen-bond donors (Lipinski definition) is 1. The largest absolute Gasteiger partial charge is 0.330 e. The lowest BCUT2D eigenvalue weighted by Gasteiger charge is -2.26. The van der Waals surface area contributed by atoms with Gasteiger partial charge in [-0.05, 0) is 31.2 Å². The molecule has 0 radical (unpaired) electrons. The molecule has 0 aliphatic heterocycles. The van der Waals surface area contributed by atoms with Crippen molar-refractivity contribution in [1.82, 2.24) is 0 Å². The van der Waals surface area contributed by atoms with E-state index in [1.807, 2.05) is 0 Å². The third-order valence-corrected chi connectivity index (χ3v) is 2.88. The molecule has 0 aromatic carbocycles. The van der Waals surface area contributed by atoms with E-state index in [1.165, 1.54) is 32.1 Å². The first-order valence-electron chi connectivity index (χ1n) is 4.56. The van der Waals surface area contributed by atoms with Crippen LogP contribution in [-0.2, 0) is 0 Å². The summed E-state index contributed by atoms with van der Waals surface area (Å²) in [6.45, 7) is 3.21. The molecule has 1 rings (SSSR count). The molecule has 0 aromatic heterocycles. The van der Waals surface area contributed by atoms with Gasteiger partial charge in [0.1, 0.15) is 0 Å². The van der Waals surface area contributed by atoms with Gasteiger partial charge in [0, 0.05) is 0 Å². The van der Waals surface area contributed by atoms with Gasteiger partial charge in [0.05, 0.1) is 0 Å². The minimum Gasteiger partial charge on any atom is -0.330 e. The van der Waals surface area contributed by atoms with E-state index in [2.05, 4.69) is 6.92 Å². The van der Waals surface area contributed by atoms with Crippen molar-refractivity contribution in [1.29, 1.82) is 0 Å². The highest BCUT2D eigenvalue weighted by Crippen LogP contribution is 2.29. The summed E-state index contributed by atoms with van der Waals surface area (Å²) in [6, 6.07) is 0. The third-order valence-electron chi connectivity index (χ3n) is 2.88. The van der Waals surface area contributed by atoms with Gasteiger partial charge in [-0.15, -0.1) is 0 Å². The fourth-order valence-corrected chi connectivity index (χ4v) is 1.88. The number of nitrogens with two attached hydrogens (primary N) is 1. The van der Waals surface area contributed by atoms with E-state index in [4.69, 9.17) is 5.73 Å². The van der Waals surface area contributed by atoms with Gasteiger partial charge in [-0.3, -0.25) is 0 Å². The van der Waals surface area contributed by atoms with Gasteiger partial charge in [0.2, 0.25) is 0 Å². The molecule has 1 nitrogen and oxygen atoms in total. The minimum atomic E-state index is 0.850. The first kappa shape index (κ1) is 8.06. The smallest absolute Gasteiger partial charge is 0.00489 e. The summed E-state index contributed by atoms with van der Waals surface area (Å²) >= 11 is 0. The van der Waals surface area contributed by atoms with Crippen LogP contribution in [0.25, 0.3) is 0 Å². The molecule has 0 bridgehead atoms. The maximum Gasteiger partial charge on any atom is -0.00489 e. The lowest BCUT2D eigenvalue weighted by molar-refractivity contribution is 0.274. The SMILES string of the molecule is CC[C@H]1CC[C@@H](CN)CC1. The Morgan fingerprint density at radius 2 is 1.60 bits per heavy atom. The van der Waals surface area contributed by atoms with Gasteiger partial charge in [-0.25, -0.2) is 0 Å². The topological polar surface area (TPSA) is 26.0 Å². The molecule has 0 unspecified atom stereocenters. The molecule has 0 aromatic rings. The second-order valence-electron chi connectivity index (χ2n) is 3.53. The quantitative estimate of drug-likeness (QED) is 0.626. The Hall–Kier alpha value is -0.0400. The van der Waals surface area contributed by atoms with Crippen molar-refractivity contribution in [3.63, 3.8) is 0 Å². The van der Waals surface area contributed by atoms with E-state index >= 15 is 0 Å². The van der Waals surface area contributed by atoms with Crippen LogP contribution < -0.4 is 5.73 Å². The summed E-state index contributed by atoms with van der Waals surface area (Å²) < 4.78 is 0. The lowest BCUT2D eigenvalue weighted by atomic mass is 9.81. The predicted molar refractivity (Wildman–Crippen MR) is 44.8 cm³/mol. The van der Waals surface area contributed by atoms with Crippen molar-refractivity contribution < 1.29 is 0 Å². The Labute approximate surface area is 64.0 Å². The van der Waals surface area contributed by atoms with Crippen LogP contribution in [0.3, 0.4) is 0 Å². The molecule has 1 aliphatic carbocycles. The van der Waals surface area contributed by atoms with Gasteiger partial charge in [-0.2, -0.15) is 0 Å². The second kappa shape index (κ2) is 3.97. The average Bonchev–Trinajstić information content (AvgIpc) is 2.05. The first-order valence-corrected chi connectivity index (χ1v) is 4.56. The van der Waals surface area contributed by atoms with Crippen LogP contribution in [0.4, 0.5) is 0 Å². The van der Waals surface area contributed by atoms with Crippen molar-refractivity contribution >= 4 is 0 Å². The Kier molecular flexibility index (Phi) is 3.20. The molecule has 1 saturated carbocycles. The Bertz CT molecular complexity index is 70.7. The highest BCUT2D eigenvalue weighted by atomic mass is 14.5. The summed E-state index contributed by atoms with van der Waals surface area (Å²) in [5.74, 6) is 1.87. The average molecular weight is 141 g/mol. The molecule has 0 atom stereocenters. The molecule has 1 aliphatic rings. The highest BCUT2D eigenvalue weighted by Gasteiger charge is 2.17. The van der Waals surface area contributed by atoms with Gasteiger partial charge in [0.25, 0.3) is 0 Å². The van der Waals surface area contributed by atoms with E-state index in [1.54, 1.807) is 0 Å². The Balaban J connectivity index is 2.17. The van der Waals surface area contributed by atoms with Crippen molar-refractivity contribution in [2.45, 2.75) is 39.0 Å². The second-order valence-corrected chi connectivity index (χ2v) is 3.53. The predicted octanol–water partition coefficient (Wildman–Crippen LogP) is 2.16. The molecule has 60 valence electrons. The standard InChI is InChI=1S/C9H19N/c1-2-8-3-5-9(7-10)6-4-8/h8-9H,2-7,10H2,1H3/t8-,9+. The molecule has 1 fully saturated rings. The van der Waals surface area contributed by atoms with Crippen LogP contribution in [0.1, 0.15) is 39.0 Å². The zero-order valence-corrected chi connectivity index (χ0v) is 6.97. The number of rotatable bonds is 2. The van der Waals surface area contributed by atoms with Crippen molar-refractivity contribution in [2.24, 2.45) is 17.6 Å². The van der Waals surface area contributed by atoms with Gasteiger partial charge < -0.3 is 5.73 Å². The fourth-order valence-electron chi connectivity index (χ4n) is 1.88. The molecular formula is C9H19N. The maximum absolute atomic E-state index is 5.59. The first-order chi connectivity index (χ1) is 4.86. The normalized spacial score (nSPS) is 34.2. The van der Waals surface area contributed by atoms with Crippen LogP contribution in [0.5, 0.6) is 0 Å². The summed E-state index contributed by atoms with van der Waals surface area (Å²) in [5, 5.41) is 0. The zero-order chi connectivity index (χ0) is 7.40. The zero-order valence-electron chi connectivity index (χ0n) is 6.97. The van der Waals surface area contributed by atoms with Gasteiger partial charge in [0.15, 0.2) is 0 Å². The van der Waals surface area contributed by atoms with Crippen molar-refractivity contribution in [3.05, 3.63) is 0 Å². The van der Waals surface area contributed by atoms with Crippen LogP contribution >= 0.6 is 0 Å². The Morgan fingerprint density at radius 3 is 2.00 bits per heavy atom. The summed E-state index contributed by atoms with van der Waals surface area (Å²) in [6.07, 6.45) is 7.00. The van der Waals surface area contributed by atoms with Crippen LogP contribution in [0, 0.1) is 11.8 Å². The summed E-state index contributed by atoms with van der Waals surface area (Å²) in [4.78, 5) is 0. The third kappa shape index (κ3) is 1.98. The molecule has 1 heteroatoms. The van der Waals surface area contributed by atoms with E-state index in [0.717, 1.165) is 18.4 Å². The van der Waals surface area contributed by atoms with E-state index in [0.29, 0.717) is 0 Å². The molecule has 10 heavy (non-hydrogen) atoms. The van der Waals surface area contributed by atoms with Crippen LogP contribution in [0.2, 0.25) is 0 Å². The van der Waals surface area contributed by atoms with Crippen molar-refractivity contribution in [3.8, 4) is 0 Å². The molecule has 0 spiro atoms. The fraction of sp³-hybridized carbons (Fsp3) is 1.00. The summed E-state index contributed by atoms with van der Waals surface area (Å²) in [7, 11) is 0. The van der Waals surface area contributed by atoms with Crippen LogP contribution in [-0.4, -0.2) is 6.54 Å². The van der Waals surface area contributed by atoms with Gasteiger partial charge in [-0.1, -0.05) is 26.2 Å².